The topological polar surface area (TPSA) is 48.0 Å². The second-order valence-corrected chi connectivity index (χ2v) is 8.05. The monoisotopic (exact) mass is 349 g/mol. The predicted molar refractivity (Wildman–Crippen MR) is 96.0 cm³/mol. The molecule has 1 fully saturated rings. The summed E-state index contributed by atoms with van der Waals surface area (Å²) in [5.41, 5.74) is 2.95. The lowest BCUT2D eigenvalue weighted by molar-refractivity contribution is -0.146. The van der Waals surface area contributed by atoms with Crippen molar-refractivity contribution in [2.45, 2.75) is 45.5 Å². The Morgan fingerprint density at radius 3 is 2.80 bits per heavy atom. The molecule has 0 N–H and O–H groups in total. The van der Waals surface area contributed by atoms with Gasteiger partial charge in [0.1, 0.15) is 6.10 Å². The van der Waals surface area contributed by atoms with Crippen LogP contribution in [-0.2, 0) is 19.0 Å². The zero-order valence-corrected chi connectivity index (χ0v) is 16.1. The predicted octanol–water partition coefficient (Wildman–Crippen LogP) is 2.77. The Balaban J connectivity index is 1.77. The molecule has 4 atom stereocenters. The number of allylic oxidation sites excluding steroid dienone is 3. The van der Waals surface area contributed by atoms with Gasteiger partial charge in [-0.2, -0.15) is 0 Å². The number of esters is 1. The van der Waals surface area contributed by atoms with E-state index in [0.29, 0.717) is 13.1 Å². The van der Waals surface area contributed by atoms with Crippen LogP contribution in [0.4, 0.5) is 0 Å². The third-order valence-corrected chi connectivity index (χ3v) is 6.19. The first-order valence-corrected chi connectivity index (χ1v) is 9.22. The third kappa shape index (κ3) is 3.55. The molecule has 0 aromatic heterocycles. The smallest absolute Gasteiger partial charge is 0.311 e. The molecule has 0 aromatic carbocycles. The third-order valence-electron chi connectivity index (χ3n) is 6.19. The van der Waals surface area contributed by atoms with Crippen LogP contribution in [0.15, 0.2) is 23.3 Å². The Hall–Kier alpha value is -1.17. The largest absolute Gasteiger partial charge is 0.461 e. The first kappa shape index (κ1) is 18.6. The van der Waals surface area contributed by atoms with Crippen LogP contribution in [0.3, 0.4) is 0 Å². The van der Waals surface area contributed by atoms with Gasteiger partial charge in [-0.3, -0.25) is 4.79 Å². The lowest BCUT2D eigenvalue weighted by Gasteiger charge is -2.43. The SMILES string of the molecule is COC(CN(C)CC1C(=O)OC2CC3(C)CCC=C(C)C3=CC21)OC. The fourth-order valence-electron chi connectivity index (χ4n) is 4.75. The lowest BCUT2D eigenvalue weighted by Crippen LogP contribution is -2.40. The van der Waals surface area contributed by atoms with Crippen molar-refractivity contribution < 1.29 is 19.0 Å². The Kier molecular flexibility index (Phi) is 5.37. The van der Waals surface area contributed by atoms with Crippen LogP contribution in [0.5, 0.6) is 0 Å². The molecule has 0 bridgehead atoms. The minimum Gasteiger partial charge on any atom is -0.461 e. The van der Waals surface area contributed by atoms with Crippen LogP contribution in [0.25, 0.3) is 0 Å². The number of rotatable bonds is 6. The molecule has 4 unspecified atom stereocenters. The van der Waals surface area contributed by atoms with Gasteiger partial charge in [-0.25, -0.2) is 0 Å². The average Bonchev–Trinajstić information content (AvgIpc) is 2.85. The van der Waals surface area contributed by atoms with Gasteiger partial charge >= 0.3 is 5.97 Å². The minimum atomic E-state index is -0.283. The van der Waals surface area contributed by atoms with Crippen molar-refractivity contribution in [3.63, 3.8) is 0 Å². The number of carbonyl (C=O) groups is 1. The van der Waals surface area contributed by atoms with E-state index in [1.807, 2.05) is 7.05 Å². The highest BCUT2D eigenvalue weighted by Gasteiger charge is 2.51. The number of carbonyl (C=O) groups excluding carboxylic acids is 1. The van der Waals surface area contributed by atoms with Gasteiger partial charge in [0.05, 0.1) is 5.92 Å². The lowest BCUT2D eigenvalue weighted by atomic mass is 9.62. The van der Waals surface area contributed by atoms with Gasteiger partial charge in [0.15, 0.2) is 6.29 Å². The van der Waals surface area contributed by atoms with E-state index in [1.54, 1.807) is 14.2 Å². The molecule has 25 heavy (non-hydrogen) atoms. The van der Waals surface area contributed by atoms with Crippen LogP contribution in [0.1, 0.15) is 33.1 Å². The molecule has 1 heterocycles. The van der Waals surface area contributed by atoms with Gasteiger partial charge in [-0.05, 0) is 44.2 Å². The maximum atomic E-state index is 12.5. The maximum absolute atomic E-state index is 12.5. The maximum Gasteiger partial charge on any atom is 0.311 e. The summed E-state index contributed by atoms with van der Waals surface area (Å²) in [6.45, 7) is 5.80. The van der Waals surface area contributed by atoms with E-state index in [-0.39, 0.29) is 35.6 Å². The molecule has 5 heteroatoms. The fraction of sp³-hybridized carbons (Fsp3) is 0.750. The van der Waals surface area contributed by atoms with Crippen molar-refractivity contribution in [2.75, 3.05) is 34.4 Å². The molecular weight excluding hydrogens is 318 g/mol. The van der Waals surface area contributed by atoms with Gasteiger partial charge in [0.25, 0.3) is 0 Å². The second-order valence-electron chi connectivity index (χ2n) is 8.05. The molecule has 0 spiro atoms. The molecule has 5 nitrogen and oxygen atoms in total. The van der Waals surface area contributed by atoms with Crippen molar-refractivity contribution in [1.82, 2.24) is 4.90 Å². The van der Waals surface area contributed by atoms with Crippen LogP contribution in [-0.4, -0.2) is 57.6 Å². The van der Waals surface area contributed by atoms with Crippen molar-refractivity contribution >= 4 is 5.97 Å². The number of hydrogen-bond acceptors (Lipinski definition) is 5. The molecule has 0 amide bonds. The van der Waals surface area contributed by atoms with E-state index in [0.717, 1.165) is 19.3 Å². The molecule has 3 aliphatic rings. The summed E-state index contributed by atoms with van der Waals surface area (Å²) in [5.74, 6) is -0.00637. The minimum absolute atomic E-state index is 0.0196. The second kappa shape index (κ2) is 7.22. The number of ether oxygens (including phenoxy) is 3. The van der Waals surface area contributed by atoms with Crippen LogP contribution >= 0.6 is 0 Å². The molecule has 0 saturated carbocycles. The number of fused-ring (bicyclic) bond motifs is 2. The van der Waals surface area contributed by atoms with Crippen molar-refractivity contribution in [3.05, 3.63) is 23.3 Å². The van der Waals surface area contributed by atoms with Crippen LogP contribution < -0.4 is 0 Å². The van der Waals surface area contributed by atoms with Gasteiger partial charge < -0.3 is 19.1 Å². The number of nitrogens with zero attached hydrogens (tertiary/aromatic N) is 1. The van der Waals surface area contributed by atoms with Crippen LogP contribution in [0, 0.1) is 17.3 Å². The molecule has 0 aromatic rings. The molecule has 2 aliphatic carbocycles. The van der Waals surface area contributed by atoms with Gasteiger partial charge in [0, 0.05) is 33.2 Å². The summed E-state index contributed by atoms with van der Waals surface area (Å²) < 4.78 is 16.3. The first-order valence-electron chi connectivity index (χ1n) is 9.22. The molecular formula is C20H31NO4. The summed E-state index contributed by atoms with van der Waals surface area (Å²) in [6.07, 6.45) is 7.61. The number of likely N-dealkylation sites (N-methyl/N-ethyl adjacent to an activating group) is 1. The Labute approximate surface area is 151 Å². The zero-order chi connectivity index (χ0) is 18.2. The van der Waals surface area contributed by atoms with Gasteiger partial charge in [-0.15, -0.1) is 0 Å². The van der Waals surface area contributed by atoms with E-state index in [9.17, 15) is 4.79 Å². The number of methoxy groups -OCH3 is 2. The summed E-state index contributed by atoms with van der Waals surface area (Å²) in [4.78, 5) is 14.6. The summed E-state index contributed by atoms with van der Waals surface area (Å²) >= 11 is 0. The van der Waals surface area contributed by atoms with Crippen molar-refractivity contribution in [3.8, 4) is 0 Å². The highest BCUT2D eigenvalue weighted by atomic mass is 16.7. The van der Waals surface area contributed by atoms with E-state index in [4.69, 9.17) is 14.2 Å². The molecule has 1 aliphatic heterocycles. The van der Waals surface area contributed by atoms with Gasteiger partial charge in [-0.1, -0.05) is 24.6 Å². The summed E-state index contributed by atoms with van der Waals surface area (Å²) in [5, 5.41) is 0. The highest BCUT2D eigenvalue weighted by Crippen LogP contribution is 2.52. The van der Waals surface area contributed by atoms with E-state index in [2.05, 4.69) is 30.9 Å². The van der Waals surface area contributed by atoms with Crippen molar-refractivity contribution in [2.24, 2.45) is 17.3 Å². The quantitative estimate of drug-likeness (QED) is 0.545. The van der Waals surface area contributed by atoms with Crippen molar-refractivity contribution in [1.29, 1.82) is 0 Å². The Bertz CT molecular complexity index is 580. The fourth-order valence-corrected chi connectivity index (χ4v) is 4.75. The Morgan fingerprint density at radius 1 is 1.40 bits per heavy atom. The summed E-state index contributed by atoms with van der Waals surface area (Å²) in [7, 11) is 5.26. The van der Waals surface area contributed by atoms with E-state index < -0.39 is 0 Å². The normalized spacial score (nSPS) is 34.5. The highest BCUT2D eigenvalue weighted by molar-refractivity contribution is 5.76. The first-order chi connectivity index (χ1) is 11.9. The zero-order valence-electron chi connectivity index (χ0n) is 16.1. The molecule has 140 valence electrons. The van der Waals surface area contributed by atoms with Gasteiger partial charge in [0.2, 0.25) is 0 Å². The molecule has 0 radical (unpaired) electrons. The summed E-state index contributed by atoms with van der Waals surface area (Å²) in [6, 6.07) is 0. The van der Waals surface area contributed by atoms with E-state index in [1.165, 1.54) is 11.1 Å². The Morgan fingerprint density at radius 2 is 2.12 bits per heavy atom. The molecule has 3 rings (SSSR count). The van der Waals surface area contributed by atoms with E-state index >= 15 is 0 Å². The number of hydrogen-bond donors (Lipinski definition) is 0. The average molecular weight is 349 g/mol. The van der Waals surface area contributed by atoms with Crippen LogP contribution in [0.2, 0.25) is 0 Å². The molecule has 1 saturated heterocycles. The standard InChI is InChI=1S/C20H31NO4/c1-13-7-6-8-20(2)10-17-14(9-16(13)20)15(19(22)25-17)11-21(3)12-18(23-4)24-5/h7,9,14-15,17-18H,6,8,10-12H2,1-5H3.